The maximum Gasteiger partial charge on any atom is 0.319 e. The zero-order chi connectivity index (χ0) is 24.5. The molecule has 0 aliphatic heterocycles. The topological polar surface area (TPSA) is 100 Å². The summed E-state index contributed by atoms with van der Waals surface area (Å²) in [6, 6.07) is 18.9. The molecule has 174 valence electrons. The minimum absolute atomic E-state index is 0.0274. The largest absolute Gasteiger partial charge is 0.389 e. The monoisotopic (exact) mass is 475 g/mol. The number of urea groups is 1. The number of aryl methyl sites for hydroxylation is 1. The molecule has 7 nitrogen and oxygen atoms in total. The number of nitrogens with zero attached hydrogens (tertiary/aromatic N) is 1. The number of aliphatic hydroxyl groups is 1. The van der Waals surface area contributed by atoms with Crippen LogP contribution < -0.4 is 16.2 Å². The molecule has 2 aromatic heterocycles. The van der Waals surface area contributed by atoms with Gasteiger partial charge in [0.15, 0.2) is 5.78 Å². The van der Waals surface area contributed by atoms with Crippen molar-refractivity contribution >= 4 is 38.4 Å². The average molecular weight is 476 g/mol. The van der Waals surface area contributed by atoms with Crippen LogP contribution in [0, 0.1) is 6.92 Å². The van der Waals surface area contributed by atoms with Crippen molar-refractivity contribution in [3.63, 3.8) is 0 Å². The molecule has 0 atom stereocenters. The molecule has 3 N–H and O–H groups in total. The minimum Gasteiger partial charge on any atom is -0.389 e. The second kappa shape index (κ2) is 9.24. The van der Waals surface area contributed by atoms with Gasteiger partial charge in [-0.3, -0.25) is 19.5 Å². The van der Waals surface area contributed by atoms with Crippen molar-refractivity contribution in [2.45, 2.75) is 26.4 Å². The Morgan fingerprint density at radius 2 is 1.76 bits per heavy atom. The Kier molecular flexibility index (Phi) is 6.37. The zero-order valence-corrected chi connectivity index (χ0v) is 19.9. The molecule has 0 radical (unpaired) electrons. The fourth-order valence-corrected chi connectivity index (χ4v) is 4.80. The van der Waals surface area contributed by atoms with E-state index in [4.69, 9.17) is 0 Å². The van der Waals surface area contributed by atoms with Crippen LogP contribution in [0.3, 0.4) is 0 Å². The van der Waals surface area contributed by atoms with Crippen LogP contribution in [-0.2, 0) is 0 Å². The van der Waals surface area contributed by atoms with E-state index in [1.807, 2.05) is 43.3 Å². The third-order valence-corrected chi connectivity index (χ3v) is 6.28. The van der Waals surface area contributed by atoms with E-state index in [0.29, 0.717) is 32.0 Å². The van der Waals surface area contributed by atoms with Gasteiger partial charge < -0.3 is 10.4 Å². The fourth-order valence-electron chi connectivity index (χ4n) is 3.59. The number of ketones is 1. The van der Waals surface area contributed by atoms with Gasteiger partial charge in [-0.2, -0.15) is 0 Å². The van der Waals surface area contributed by atoms with E-state index in [2.05, 4.69) is 10.6 Å². The van der Waals surface area contributed by atoms with E-state index in [-0.39, 0.29) is 17.9 Å². The lowest BCUT2D eigenvalue weighted by atomic mass is 10.0. The van der Waals surface area contributed by atoms with Gasteiger partial charge in [-0.15, -0.1) is 0 Å². The lowest BCUT2D eigenvalue weighted by Gasteiger charge is -2.17. The van der Waals surface area contributed by atoms with Crippen LogP contribution in [0.2, 0.25) is 0 Å². The summed E-state index contributed by atoms with van der Waals surface area (Å²) < 4.78 is 1.53. The highest BCUT2D eigenvalue weighted by Gasteiger charge is 2.25. The van der Waals surface area contributed by atoms with Crippen LogP contribution in [-0.4, -0.2) is 33.6 Å². The molecule has 0 unspecified atom stereocenters. The molecule has 4 aromatic rings. The standard InChI is InChI=1S/C26H25N3O4S/c1-16-8-7-9-17(14-16)22(31)21-19-12-13-20(30)29(18-10-5-4-6-11-18)24(19)34-23(21)28-25(32)27-15-26(2,3)33/h4-14,33H,15H2,1-3H3,(H2,27,28,32). The number of pyridine rings is 1. The lowest BCUT2D eigenvalue weighted by molar-refractivity contribution is 0.0826. The Labute approximate surface area is 200 Å². The molecule has 0 fully saturated rings. The Hall–Kier alpha value is -3.75. The predicted molar refractivity (Wildman–Crippen MR) is 135 cm³/mol. The summed E-state index contributed by atoms with van der Waals surface area (Å²) in [6.45, 7) is 5.09. The molecule has 2 heterocycles. The average Bonchev–Trinajstić information content (AvgIpc) is 3.14. The van der Waals surface area contributed by atoms with Gasteiger partial charge in [0.2, 0.25) is 0 Å². The number of hydrogen-bond acceptors (Lipinski definition) is 5. The van der Waals surface area contributed by atoms with E-state index < -0.39 is 11.6 Å². The SMILES string of the molecule is Cc1cccc(C(=O)c2c(NC(=O)NCC(C)(C)O)sc3c2ccc(=O)n3-c2ccccc2)c1. The third kappa shape index (κ3) is 4.93. The van der Waals surface area contributed by atoms with Gasteiger partial charge in [0, 0.05) is 23.6 Å². The number of carbonyl (C=O) groups is 2. The van der Waals surface area contributed by atoms with Crippen molar-refractivity contribution in [1.29, 1.82) is 0 Å². The van der Waals surface area contributed by atoms with Crippen LogP contribution in [0.1, 0.15) is 35.3 Å². The van der Waals surface area contributed by atoms with Gasteiger partial charge in [-0.25, -0.2) is 4.79 Å². The maximum absolute atomic E-state index is 13.6. The third-order valence-electron chi connectivity index (χ3n) is 5.17. The van der Waals surface area contributed by atoms with E-state index in [9.17, 15) is 19.5 Å². The Morgan fingerprint density at radius 1 is 1.03 bits per heavy atom. The number of thiophene rings is 1. The van der Waals surface area contributed by atoms with E-state index >= 15 is 0 Å². The summed E-state index contributed by atoms with van der Waals surface area (Å²) in [5, 5.41) is 16.2. The molecule has 0 spiro atoms. The van der Waals surface area contributed by atoms with E-state index in [1.54, 1.807) is 38.1 Å². The number of carbonyl (C=O) groups excluding carboxylic acids is 2. The molecule has 2 amide bonds. The van der Waals surface area contributed by atoms with Gasteiger partial charge in [-0.1, -0.05) is 53.3 Å². The van der Waals surface area contributed by atoms with Crippen LogP contribution >= 0.6 is 11.3 Å². The number of benzene rings is 2. The number of para-hydroxylation sites is 1. The first kappa shape index (κ1) is 23.4. The Morgan fingerprint density at radius 3 is 2.44 bits per heavy atom. The van der Waals surface area contributed by atoms with E-state index in [0.717, 1.165) is 16.9 Å². The number of nitrogens with one attached hydrogen (secondary N) is 2. The van der Waals surface area contributed by atoms with Crippen molar-refractivity contribution in [3.8, 4) is 5.69 Å². The van der Waals surface area contributed by atoms with Crippen LogP contribution in [0.4, 0.5) is 9.80 Å². The predicted octanol–water partition coefficient (Wildman–Crippen LogP) is 4.48. The molecule has 0 saturated heterocycles. The van der Waals surface area contributed by atoms with Gasteiger partial charge in [0.1, 0.15) is 9.83 Å². The van der Waals surface area contributed by atoms with Crippen molar-refractivity contribution in [2.75, 3.05) is 11.9 Å². The smallest absolute Gasteiger partial charge is 0.319 e. The highest BCUT2D eigenvalue weighted by Crippen LogP contribution is 2.37. The Balaban J connectivity index is 1.88. The van der Waals surface area contributed by atoms with Crippen molar-refractivity contribution in [3.05, 3.63) is 93.8 Å². The number of aromatic nitrogens is 1. The second-order valence-corrected chi connectivity index (χ2v) is 9.69. The van der Waals surface area contributed by atoms with Crippen LogP contribution in [0.5, 0.6) is 0 Å². The molecule has 4 rings (SSSR count). The van der Waals surface area contributed by atoms with Crippen LogP contribution in [0.15, 0.2) is 71.5 Å². The maximum atomic E-state index is 13.6. The minimum atomic E-state index is -1.09. The second-order valence-electron chi connectivity index (χ2n) is 8.69. The summed E-state index contributed by atoms with van der Waals surface area (Å²) in [7, 11) is 0. The molecule has 0 saturated carbocycles. The first-order valence-corrected chi connectivity index (χ1v) is 11.6. The first-order valence-electron chi connectivity index (χ1n) is 10.8. The number of amides is 2. The highest BCUT2D eigenvalue weighted by atomic mass is 32.1. The number of rotatable bonds is 6. The van der Waals surface area contributed by atoms with Gasteiger partial charge in [-0.05, 0) is 45.0 Å². The number of anilines is 1. The van der Waals surface area contributed by atoms with Gasteiger partial charge in [0.25, 0.3) is 5.56 Å². The highest BCUT2D eigenvalue weighted by molar-refractivity contribution is 7.23. The normalized spacial score (nSPS) is 11.4. The molecular formula is C26H25N3O4S. The number of hydrogen-bond donors (Lipinski definition) is 3. The van der Waals surface area contributed by atoms with Crippen LogP contribution in [0.25, 0.3) is 15.9 Å². The summed E-state index contributed by atoms with van der Waals surface area (Å²) in [5.41, 5.74) is 1.06. The first-order chi connectivity index (χ1) is 16.1. The summed E-state index contributed by atoms with van der Waals surface area (Å²) in [4.78, 5) is 39.6. The zero-order valence-electron chi connectivity index (χ0n) is 19.1. The molecule has 34 heavy (non-hydrogen) atoms. The molecule has 0 aliphatic carbocycles. The lowest BCUT2D eigenvalue weighted by Crippen LogP contribution is -2.40. The molecular weight excluding hydrogens is 450 g/mol. The van der Waals surface area contributed by atoms with E-state index in [1.165, 1.54) is 10.6 Å². The molecule has 8 heteroatoms. The summed E-state index contributed by atoms with van der Waals surface area (Å²) in [6.07, 6.45) is 0. The van der Waals surface area contributed by atoms with Crippen molar-refractivity contribution in [2.24, 2.45) is 0 Å². The molecule has 0 bridgehead atoms. The Bertz CT molecular complexity index is 1430. The summed E-state index contributed by atoms with van der Waals surface area (Å²) >= 11 is 1.16. The van der Waals surface area contributed by atoms with Crippen molar-refractivity contribution in [1.82, 2.24) is 9.88 Å². The fraction of sp³-hybridized carbons (Fsp3) is 0.192. The van der Waals surface area contributed by atoms with Crippen molar-refractivity contribution < 1.29 is 14.7 Å². The molecule has 0 aliphatic rings. The summed E-state index contributed by atoms with van der Waals surface area (Å²) in [5.74, 6) is -0.258. The molecule has 2 aromatic carbocycles. The quantitative estimate of drug-likeness (QED) is 0.358. The van der Waals surface area contributed by atoms with Gasteiger partial charge in [0.05, 0.1) is 16.9 Å². The number of fused-ring (bicyclic) bond motifs is 1. The van der Waals surface area contributed by atoms with Gasteiger partial charge >= 0.3 is 6.03 Å².